The van der Waals surface area contributed by atoms with Crippen LogP contribution in [-0.4, -0.2) is 43.0 Å². The highest BCUT2D eigenvalue weighted by Gasteiger charge is 2.42. The summed E-state index contributed by atoms with van der Waals surface area (Å²) >= 11 is 0. The number of nitrogens with zero attached hydrogens (tertiary/aromatic N) is 3. The monoisotopic (exact) mass is 443 g/mol. The van der Waals surface area contributed by atoms with Crippen molar-refractivity contribution in [3.8, 4) is 5.95 Å². The number of likely N-dealkylation sites (tertiary alicyclic amines) is 1. The second-order valence-electron chi connectivity index (χ2n) is 8.35. The molecule has 0 aliphatic carbocycles. The van der Waals surface area contributed by atoms with Crippen LogP contribution in [0.1, 0.15) is 42.5 Å². The molecule has 5 rings (SSSR count). The quantitative estimate of drug-likeness (QED) is 0.428. The van der Waals surface area contributed by atoms with Crippen LogP contribution in [-0.2, 0) is 22.4 Å². The van der Waals surface area contributed by atoms with E-state index in [1.807, 2.05) is 61.5 Å². The van der Waals surface area contributed by atoms with Gasteiger partial charge in [0, 0.05) is 18.7 Å². The van der Waals surface area contributed by atoms with Gasteiger partial charge in [-0.15, -0.1) is 0 Å². The molecule has 1 unspecified atom stereocenters. The number of nitrogens with one attached hydrogen (secondary N) is 2. The number of imide groups is 1. The zero-order chi connectivity index (χ0) is 22.9. The number of aromatic nitrogens is 4. The van der Waals surface area contributed by atoms with Crippen LogP contribution in [0.15, 0.2) is 59.4 Å². The Labute approximate surface area is 190 Å². The number of H-pyrrole nitrogens is 2. The minimum Gasteiger partial charge on any atom is -0.322 e. The highest BCUT2D eigenvalue weighted by Crippen LogP contribution is 2.30. The summed E-state index contributed by atoms with van der Waals surface area (Å²) in [7, 11) is 0. The molecule has 2 aromatic heterocycles. The molecule has 1 aliphatic rings. The first kappa shape index (κ1) is 20.9. The summed E-state index contributed by atoms with van der Waals surface area (Å²) in [6.07, 6.45) is 1.99. The molecular weight excluding hydrogens is 418 g/mol. The minimum atomic E-state index is -0.774. The molecule has 0 spiro atoms. The largest absolute Gasteiger partial charge is 0.322 e. The van der Waals surface area contributed by atoms with E-state index < -0.39 is 5.92 Å². The molecule has 1 saturated heterocycles. The molecule has 1 atom stereocenters. The third-order valence-corrected chi connectivity index (χ3v) is 6.15. The molecule has 4 aromatic rings. The highest BCUT2D eigenvalue weighted by molar-refractivity contribution is 6.06. The van der Waals surface area contributed by atoms with E-state index in [2.05, 4.69) is 15.1 Å². The van der Waals surface area contributed by atoms with Gasteiger partial charge in [-0.1, -0.05) is 55.8 Å². The number of hydrogen-bond acceptors (Lipinski definition) is 4. The van der Waals surface area contributed by atoms with Crippen molar-refractivity contribution in [3.63, 3.8) is 0 Å². The maximum Gasteiger partial charge on any atom is 0.278 e. The number of amides is 2. The third kappa shape index (κ3) is 3.77. The number of fused-ring (bicyclic) bond motifs is 1. The summed E-state index contributed by atoms with van der Waals surface area (Å²) in [4.78, 5) is 48.4. The van der Waals surface area contributed by atoms with Crippen LogP contribution in [0.3, 0.4) is 0 Å². The van der Waals surface area contributed by atoms with Gasteiger partial charge in [-0.05, 0) is 30.5 Å². The zero-order valence-corrected chi connectivity index (χ0v) is 18.4. The number of carbonyl (C=O) groups excluding carboxylic acids is 2. The Morgan fingerprint density at radius 1 is 1.00 bits per heavy atom. The molecule has 33 heavy (non-hydrogen) atoms. The Kier molecular flexibility index (Phi) is 5.42. The van der Waals surface area contributed by atoms with Gasteiger partial charge in [-0.25, -0.2) is 4.98 Å². The molecule has 0 saturated carbocycles. The average Bonchev–Trinajstić information content (AvgIpc) is 3.47. The Balaban J connectivity index is 1.47. The molecule has 1 aliphatic heterocycles. The fraction of sp³-hybridized carbons (Fsp3) is 0.280. The smallest absolute Gasteiger partial charge is 0.278 e. The molecule has 0 radical (unpaired) electrons. The summed E-state index contributed by atoms with van der Waals surface area (Å²) in [5.74, 6) is -0.952. The van der Waals surface area contributed by atoms with Crippen LogP contribution < -0.4 is 5.56 Å². The van der Waals surface area contributed by atoms with Crippen molar-refractivity contribution < 1.29 is 9.59 Å². The molecular formula is C25H25N5O3. The Morgan fingerprint density at radius 2 is 1.76 bits per heavy atom. The topological polar surface area (TPSA) is 104 Å². The maximum absolute atomic E-state index is 13.5. The van der Waals surface area contributed by atoms with E-state index in [0.29, 0.717) is 36.6 Å². The van der Waals surface area contributed by atoms with E-state index in [1.54, 1.807) is 0 Å². The van der Waals surface area contributed by atoms with Gasteiger partial charge < -0.3 is 4.98 Å². The van der Waals surface area contributed by atoms with Gasteiger partial charge in [-0.2, -0.15) is 4.68 Å². The van der Waals surface area contributed by atoms with Crippen molar-refractivity contribution in [1.82, 2.24) is 24.6 Å². The van der Waals surface area contributed by atoms with Gasteiger partial charge in [0.2, 0.25) is 17.8 Å². The SMILES string of the molecule is CCCc1[nH]n(-c2nc3ccccc3[nH]2)c(=O)c1C1CC(=O)N(CCc2ccccc2)C1=O. The predicted molar refractivity (Wildman–Crippen MR) is 124 cm³/mol. The number of aryl methyl sites for hydroxylation is 1. The molecule has 3 heterocycles. The van der Waals surface area contributed by atoms with Gasteiger partial charge >= 0.3 is 0 Å². The van der Waals surface area contributed by atoms with Crippen molar-refractivity contribution in [3.05, 3.63) is 81.8 Å². The van der Waals surface area contributed by atoms with Crippen LogP contribution in [0, 0.1) is 0 Å². The first-order valence-corrected chi connectivity index (χ1v) is 11.2. The van der Waals surface area contributed by atoms with Crippen LogP contribution in [0.4, 0.5) is 0 Å². The number of aromatic amines is 2. The van der Waals surface area contributed by atoms with Crippen LogP contribution >= 0.6 is 0 Å². The fourth-order valence-electron chi connectivity index (χ4n) is 4.52. The molecule has 2 amide bonds. The molecule has 8 nitrogen and oxygen atoms in total. The number of rotatable bonds is 7. The van der Waals surface area contributed by atoms with E-state index >= 15 is 0 Å². The number of imidazole rings is 1. The molecule has 168 valence electrons. The maximum atomic E-state index is 13.5. The summed E-state index contributed by atoms with van der Waals surface area (Å²) in [5.41, 5.74) is 3.33. The Hall–Kier alpha value is -3.94. The highest BCUT2D eigenvalue weighted by atomic mass is 16.2. The molecule has 0 bridgehead atoms. The average molecular weight is 444 g/mol. The summed E-state index contributed by atoms with van der Waals surface area (Å²) < 4.78 is 1.35. The summed E-state index contributed by atoms with van der Waals surface area (Å²) in [6.45, 7) is 2.32. The number of benzene rings is 2. The van der Waals surface area contributed by atoms with Crippen molar-refractivity contribution in [1.29, 1.82) is 0 Å². The predicted octanol–water partition coefficient (Wildman–Crippen LogP) is 3.08. The van der Waals surface area contributed by atoms with Gasteiger partial charge in [-0.3, -0.25) is 24.4 Å². The van der Waals surface area contributed by atoms with Crippen LogP contribution in [0.25, 0.3) is 17.0 Å². The lowest BCUT2D eigenvalue weighted by Gasteiger charge is -2.15. The molecule has 2 aromatic carbocycles. The number of hydrogen-bond donors (Lipinski definition) is 2. The van der Waals surface area contributed by atoms with E-state index in [4.69, 9.17) is 0 Å². The first-order valence-electron chi connectivity index (χ1n) is 11.2. The van der Waals surface area contributed by atoms with Crippen molar-refractivity contribution >= 4 is 22.8 Å². The second kappa shape index (κ2) is 8.54. The zero-order valence-electron chi connectivity index (χ0n) is 18.4. The lowest BCUT2D eigenvalue weighted by Crippen LogP contribution is -2.33. The van der Waals surface area contributed by atoms with Crippen molar-refractivity contribution in [2.24, 2.45) is 0 Å². The van der Waals surface area contributed by atoms with E-state index in [1.165, 1.54) is 9.58 Å². The van der Waals surface area contributed by atoms with Crippen molar-refractivity contribution in [2.75, 3.05) is 6.54 Å². The van der Waals surface area contributed by atoms with Gasteiger partial charge in [0.1, 0.15) is 0 Å². The Bertz CT molecular complexity index is 1350. The van der Waals surface area contributed by atoms with Gasteiger partial charge in [0.15, 0.2) is 0 Å². The summed E-state index contributed by atoms with van der Waals surface area (Å²) in [5, 5.41) is 3.14. The second-order valence-corrected chi connectivity index (χ2v) is 8.35. The number of para-hydroxylation sites is 2. The van der Waals surface area contributed by atoms with Crippen LogP contribution in [0.2, 0.25) is 0 Å². The molecule has 2 N–H and O–H groups in total. The Morgan fingerprint density at radius 3 is 2.52 bits per heavy atom. The standard InChI is InChI=1S/C25H25N5O3/c1-2-8-20-22(24(33)30(28-20)25-26-18-11-6-7-12-19(18)27-25)17-15-21(31)29(23(17)32)14-13-16-9-4-3-5-10-16/h3-7,9-12,17,28H,2,8,13-15H2,1H3,(H,26,27). The lowest BCUT2D eigenvalue weighted by molar-refractivity contribution is -0.138. The summed E-state index contributed by atoms with van der Waals surface area (Å²) in [6, 6.07) is 17.3. The molecule has 8 heteroatoms. The van der Waals surface area contributed by atoms with E-state index in [0.717, 1.165) is 23.0 Å². The van der Waals surface area contributed by atoms with E-state index in [-0.39, 0.29) is 23.8 Å². The molecule has 1 fully saturated rings. The first-order chi connectivity index (χ1) is 16.1. The number of carbonyl (C=O) groups is 2. The van der Waals surface area contributed by atoms with Crippen molar-refractivity contribution in [2.45, 2.75) is 38.5 Å². The van der Waals surface area contributed by atoms with Crippen LogP contribution in [0.5, 0.6) is 0 Å². The lowest BCUT2D eigenvalue weighted by atomic mass is 9.96. The fourth-order valence-corrected chi connectivity index (χ4v) is 4.52. The normalized spacial score (nSPS) is 16.3. The van der Waals surface area contributed by atoms with E-state index in [9.17, 15) is 14.4 Å². The third-order valence-electron chi connectivity index (χ3n) is 6.15. The van der Waals surface area contributed by atoms with Gasteiger partial charge in [0.25, 0.3) is 5.56 Å². The van der Waals surface area contributed by atoms with Gasteiger partial charge in [0.05, 0.1) is 22.5 Å². The minimum absolute atomic E-state index is 0.0115.